The molecule has 1 rings (SSSR count). The van der Waals surface area contributed by atoms with E-state index in [1.54, 1.807) is 7.05 Å². The van der Waals surface area contributed by atoms with Gasteiger partial charge in [0, 0.05) is 19.3 Å². The molecule has 1 aromatic heterocycles. The molecule has 11 heavy (non-hydrogen) atoms. The van der Waals surface area contributed by atoms with E-state index in [0.717, 1.165) is 0 Å². The first kappa shape index (κ1) is 7.46. The summed E-state index contributed by atoms with van der Waals surface area (Å²) >= 11 is 0. The van der Waals surface area contributed by atoms with Crippen LogP contribution in [0.5, 0.6) is 0 Å². The molecular weight excluding hydrogens is 146 g/mol. The molecule has 0 atom stereocenters. The van der Waals surface area contributed by atoms with Crippen molar-refractivity contribution in [2.24, 2.45) is 0 Å². The van der Waals surface area contributed by atoms with Crippen molar-refractivity contribution in [3.8, 4) is 0 Å². The number of nitrogens with zero attached hydrogens (tertiary/aromatic N) is 2. The Morgan fingerprint density at radius 2 is 2.45 bits per heavy atom. The molecule has 1 heterocycles. The molecule has 0 amide bonds. The largest absolute Gasteiger partial charge is 0.367 e. The van der Waals surface area contributed by atoms with Crippen molar-refractivity contribution in [1.29, 1.82) is 0 Å². The second kappa shape index (κ2) is 2.96. The Morgan fingerprint density at radius 1 is 1.73 bits per heavy atom. The topological polar surface area (TPSA) is 68.1 Å². The minimum absolute atomic E-state index is 0.00463. The lowest BCUT2D eigenvalue weighted by atomic mass is 10.4. The van der Waals surface area contributed by atoms with E-state index in [9.17, 15) is 10.1 Å². The van der Waals surface area contributed by atoms with E-state index >= 15 is 0 Å². The number of hydrogen-bond acceptors (Lipinski definition) is 4. The number of anilines is 1. The van der Waals surface area contributed by atoms with Gasteiger partial charge < -0.3 is 5.32 Å². The minimum Gasteiger partial charge on any atom is -0.367 e. The number of rotatable bonds is 2. The van der Waals surface area contributed by atoms with Crippen LogP contribution in [0.3, 0.4) is 0 Å². The molecule has 0 radical (unpaired) electrons. The van der Waals surface area contributed by atoms with E-state index in [1.807, 2.05) is 0 Å². The van der Waals surface area contributed by atoms with E-state index in [1.165, 1.54) is 18.3 Å². The molecule has 0 aromatic carbocycles. The van der Waals surface area contributed by atoms with Crippen LogP contribution in [-0.2, 0) is 0 Å². The van der Waals surface area contributed by atoms with Gasteiger partial charge in [0.15, 0.2) is 0 Å². The van der Waals surface area contributed by atoms with Gasteiger partial charge in [0.1, 0.15) is 0 Å². The van der Waals surface area contributed by atoms with Crippen molar-refractivity contribution >= 4 is 11.5 Å². The Kier molecular flexibility index (Phi) is 2.00. The normalized spacial score (nSPS) is 9.18. The van der Waals surface area contributed by atoms with E-state index in [0.29, 0.717) is 0 Å². The lowest BCUT2D eigenvalue weighted by Crippen LogP contribution is -1.97. The van der Waals surface area contributed by atoms with E-state index in [-0.39, 0.29) is 11.5 Å². The molecule has 0 aliphatic rings. The Bertz CT molecular complexity index is 274. The monoisotopic (exact) mass is 153 g/mol. The highest BCUT2D eigenvalue weighted by Crippen LogP contribution is 2.18. The summed E-state index contributed by atoms with van der Waals surface area (Å²) < 4.78 is 0. The average molecular weight is 153 g/mol. The first-order valence-electron chi connectivity index (χ1n) is 3.03. The molecule has 5 heteroatoms. The van der Waals surface area contributed by atoms with E-state index < -0.39 is 4.92 Å². The molecule has 5 nitrogen and oxygen atoms in total. The maximum atomic E-state index is 10.3. The SMILES string of the molecule is CNc1ncccc1[N+](=O)[O-]. The van der Waals surface area contributed by atoms with Crippen molar-refractivity contribution < 1.29 is 4.92 Å². The molecule has 0 aliphatic carbocycles. The van der Waals surface area contributed by atoms with Gasteiger partial charge in [-0.25, -0.2) is 4.98 Å². The predicted octanol–water partition coefficient (Wildman–Crippen LogP) is 1.03. The van der Waals surface area contributed by atoms with Crippen molar-refractivity contribution in [3.05, 3.63) is 28.4 Å². The van der Waals surface area contributed by atoms with E-state index in [4.69, 9.17) is 0 Å². The summed E-state index contributed by atoms with van der Waals surface area (Å²) in [4.78, 5) is 13.6. The van der Waals surface area contributed by atoms with Gasteiger partial charge >= 0.3 is 5.69 Å². The molecule has 58 valence electrons. The number of nitro groups is 1. The van der Waals surface area contributed by atoms with Gasteiger partial charge in [-0.15, -0.1) is 0 Å². The lowest BCUT2D eigenvalue weighted by molar-refractivity contribution is -0.384. The Balaban J connectivity index is 3.12. The van der Waals surface area contributed by atoms with Gasteiger partial charge in [0.25, 0.3) is 0 Å². The fourth-order valence-corrected chi connectivity index (χ4v) is 0.737. The highest BCUT2D eigenvalue weighted by molar-refractivity contribution is 5.54. The third kappa shape index (κ3) is 1.43. The molecule has 0 spiro atoms. The zero-order chi connectivity index (χ0) is 8.27. The highest BCUT2D eigenvalue weighted by atomic mass is 16.6. The number of aromatic nitrogens is 1. The van der Waals surface area contributed by atoms with Crippen molar-refractivity contribution in [1.82, 2.24) is 4.98 Å². The smallest absolute Gasteiger partial charge is 0.311 e. The zero-order valence-electron chi connectivity index (χ0n) is 5.94. The summed E-state index contributed by atoms with van der Waals surface area (Å²) in [5.41, 5.74) is -0.00463. The number of nitrogens with one attached hydrogen (secondary N) is 1. The van der Waals surface area contributed by atoms with Gasteiger partial charge in [0.2, 0.25) is 5.82 Å². The Hall–Kier alpha value is -1.65. The van der Waals surface area contributed by atoms with Gasteiger partial charge in [-0.1, -0.05) is 0 Å². The first-order valence-corrected chi connectivity index (χ1v) is 3.03. The van der Waals surface area contributed by atoms with Crippen molar-refractivity contribution in [3.63, 3.8) is 0 Å². The van der Waals surface area contributed by atoms with Crippen LogP contribution in [0.25, 0.3) is 0 Å². The minimum atomic E-state index is -0.473. The average Bonchev–Trinajstić information content (AvgIpc) is 2.04. The highest BCUT2D eigenvalue weighted by Gasteiger charge is 2.11. The maximum Gasteiger partial charge on any atom is 0.311 e. The molecule has 0 saturated carbocycles. The summed E-state index contributed by atoms with van der Waals surface area (Å²) in [6, 6.07) is 2.93. The summed E-state index contributed by atoms with van der Waals surface area (Å²) in [5, 5.41) is 12.9. The Labute approximate surface area is 63.2 Å². The molecule has 0 unspecified atom stereocenters. The zero-order valence-corrected chi connectivity index (χ0v) is 5.94. The van der Waals surface area contributed by atoms with Crippen LogP contribution in [0.1, 0.15) is 0 Å². The molecule has 0 saturated heterocycles. The molecule has 0 fully saturated rings. The molecule has 0 aliphatic heterocycles. The lowest BCUT2D eigenvalue weighted by Gasteiger charge is -1.97. The van der Waals surface area contributed by atoms with Gasteiger partial charge in [-0.3, -0.25) is 10.1 Å². The summed E-state index contributed by atoms with van der Waals surface area (Å²) in [6.07, 6.45) is 1.50. The van der Waals surface area contributed by atoms with Crippen LogP contribution in [0.2, 0.25) is 0 Å². The van der Waals surface area contributed by atoms with Crippen LogP contribution in [0.15, 0.2) is 18.3 Å². The second-order valence-electron chi connectivity index (χ2n) is 1.88. The molecular formula is C6H7N3O2. The van der Waals surface area contributed by atoms with Crippen LogP contribution >= 0.6 is 0 Å². The molecule has 1 aromatic rings. The maximum absolute atomic E-state index is 10.3. The fourth-order valence-electron chi connectivity index (χ4n) is 0.737. The van der Waals surface area contributed by atoms with Gasteiger partial charge in [0.05, 0.1) is 4.92 Å². The standard InChI is InChI=1S/C6H7N3O2/c1-7-6-5(9(10)11)3-2-4-8-6/h2-4H,1H3,(H,7,8). The van der Waals surface area contributed by atoms with Crippen LogP contribution in [0.4, 0.5) is 11.5 Å². The predicted molar refractivity (Wildman–Crippen MR) is 40.4 cm³/mol. The third-order valence-corrected chi connectivity index (χ3v) is 1.22. The van der Waals surface area contributed by atoms with Gasteiger partial charge in [-0.05, 0) is 6.07 Å². The van der Waals surface area contributed by atoms with Crippen molar-refractivity contribution in [2.45, 2.75) is 0 Å². The van der Waals surface area contributed by atoms with Crippen LogP contribution < -0.4 is 5.32 Å². The summed E-state index contributed by atoms with van der Waals surface area (Å²) in [5.74, 6) is 0.289. The quantitative estimate of drug-likeness (QED) is 0.509. The number of pyridine rings is 1. The fraction of sp³-hybridized carbons (Fsp3) is 0.167. The van der Waals surface area contributed by atoms with Gasteiger partial charge in [-0.2, -0.15) is 0 Å². The molecule has 1 N–H and O–H groups in total. The van der Waals surface area contributed by atoms with E-state index in [2.05, 4.69) is 10.3 Å². The summed E-state index contributed by atoms with van der Waals surface area (Å²) in [7, 11) is 1.59. The Morgan fingerprint density at radius 3 is 2.91 bits per heavy atom. The second-order valence-corrected chi connectivity index (χ2v) is 1.88. The third-order valence-electron chi connectivity index (χ3n) is 1.22. The first-order chi connectivity index (χ1) is 5.25. The van der Waals surface area contributed by atoms with Crippen molar-refractivity contribution in [2.75, 3.05) is 12.4 Å². The number of hydrogen-bond donors (Lipinski definition) is 1. The van der Waals surface area contributed by atoms with Crippen LogP contribution in [-0.4, -0.2) is 17.0 Å². The molecule has 0 bridgehead atoms. The van der Waals surface area contributed by atoms with Crippen LogP contribution in [0, 0.1) is 10.1 Å². The summed E-state index contributed by atoms with van der Waals surface area (Å²) in [6.45, 7) is 0.